The summed E-state index contributed by atoms with van der Waals surface area (Å²) in [6, 6.07) is 11.0. The maximum atomic E-state index is 12.8. The van der Waals surface area contributed by atoms with Crippen LogP contribution in [-0.4, -0.2) is 9.38 Å². The minimum Gasteiger partial charge on any atom is -0.292 e. The van der Waals surface area contributed by atoms with Crippen LogP contribution in [0, 0.1) is 18.8 Å². The van der Waals surface area contributed by atoms with Gasteiger partial charge in [-0.25, -0.2) is 4.98 Å². The number of benzene rings is 1. The smallest absolute Gasteiger partial charge is 0.292 e. The first kappa shape index (κ1) is 17.4. The molecule has 0 radical (unpaired) electrons. The normalized spacial score (nSPS) is 11.4. The van der Waals surface area contributed by atoms with Gasteiger partial charge in [-0.2, -0.15) is 13.2 Å². The molecule has 0 atom stereocenters. The van der Waals surface area contributed by atoms with E-state index >= 15 is 0 Å². The number of fused-ring (bicyclic) bond motifs is 1. The van der Waals surface area contributed by atoms with Crippen LogP contribution in [0.5, 0.6) is 0 Å². The van der Waals surface area contributed by atoms with Gasteiger partial charge in [0.25, 0.3) is 0 Å². The quantitative estimate of drug-likeness (QED) is 0.381. The highest BCUT2D eigenvalue weighted by atomic mass is 32.1. The van der Waals surface area contributed by atoms with Crippen molar-refractivity contribution in [2.75, 3.05) is 0 Å². The summed E-state index contributed by atoms with van der Waals surface area (Å²) in [5.74, 6) is 6.22. The van der Waals surface area contributed by atoms with Crippen molar-refractivity contribution in [2.24, 2.45) is 0 Å². The van der Waals surface area contributed by atoms with Crippen molar-refractivity contribution < 1.29 is 13.2 Å². The first-order valence-electron chi connectivity index (χ1n) is 8.13. The van der Waals surface area contributed by atoms with Crippen LogP contribution in [0.3, 0.4) is 0 Å². The van der Waals surface area contributed by atoms with E-state index in [0.29, 0.717) is 5.56 Å². The SMILES string of the molecule is Cc1cc(-c2ccc(C(F)(F)F)cc2)cn2c(C#Cc3cccs3)cnc12. The Bertz CT molecular complexity index is 1160. The average Bonchev–Trinajstić information content (AvgIpc) is 3.29. The van der Waals surface area contributed by atoms with Crippen molar-refractivity contribution in [3.05, 3.63) is 81.9 Å². The third-order valence-corrected chi connectivity index (χ3v) is 4.96. The first-order chi connectivity index (χ1) is 12.9. The lowest BCUT2D eigenvalue weighted by Gasteiger charge is -2.09. The van der Waals surface area contributed by atoms with E-state index in [2.05, 4.69) is 16.8 Å². The molecule has 1 aromatic carbocycles. The summed E-state index contributed by atoms with van der Waals surface area (Å²) in [5.41, 5.74) is 3.30. The number of nitrogens with zero attached hydrogens (tertiary/aromatic N) is 2. The second-order valence-corrected chi connectivity index (χ2v) is 7.00. The Kier molecular flexibility index (Phi) is 4.25. The van der Waals surface area contributed by atoms with Crippen LogP contribution in [0.25, 0.3) is 16.8 Å². The van der Waals surface area contributed by atoms with Crippen LogP contribution in [-0.2, 0) is 6.18 Å². The Morgan fingerprint density at radius 3 is 2.48 bits per heavy atom. The number of halogens is 3. The number of pyridine rings is 1. The Morgan fingerprint density at radius 2 is 1.81 bits per heavy atom. The van der Waals surface area contributed by atoms with Gasteiger partial charge in [-0.05, 0) is 65.1 Å². The van der Waals surface area contributed by atoms with E-state index in [1.54, 1.807) is 17.5 Å². The molecule has 0 saturated heterocycles. The molecule has 0 fully saturated rings. The monoisotopic (exact) mass is 382 g/mol. The van der Waals surface area contributed by atoms with E-state index in [1.807, 2.05) is 41.1 Å². The molecule has 3 heterocycles. The van der Waals surface area contributed by atoms with Crippen molar-refractivity contribution in [3.63, 3.8) is 0 Å². The zero-order valence-corrected chi connectivity index (χ0v) is 15.0. The van der Waals surface area contributed by atoms with Gasteiger partial charge >= 0.3 is 6.18 Å². The molecule has 0 N–H and O–H groups in total. The summed E-state index contributed by atoms with van der Waals surface area (Å²) in [6.45, 7) is 1.92. The van der Waals surface area contributed by atoms with E-state index < -0.39 is 11.7 Å². The van der Waals surface area contributed by atoms with E-state index in [1.165, 1.54) is 12.1 Å². The van der Waals surface area contributed by atoms with Crippen molar-refractivity contribution in [3.8, 4) is 23.0 Å². The minimum atomic E-state index is -4.34. The molecule has 4 aromatic rings. The fourth-order valence-corrected chi connectivity index (χ4v) is 3.41. The van der Waals surface area contributed by atoms with E-state index in [-0.39, 0.29) is 0 Å². The standard InChI is InChI=1S/C21H13F3N2S/c1-14-11-16(15-4-6-17(7-5-15)21(22,23)24)13-26-18(12-25-20(14)26)8-9-19-3-2-10-27-19/h2-7,10-13H,1H3. The highest BCUT2D eigenvalue weighted by Gasteiger charge is 2.30. The van der Waals surface area contributed by atoms with Gasteiger partial charge in [-0.1, -0.05) is 18.2 Å². The summed E-state index contributed by atoms with van der Waals surface area (Å²) in [6.07, 6.45) is -0.775. The number of alkyl halides is 3. The third kappa shape index (κ3) is 3.46. The summed E-state index contributed by atoms with van der Waals surface area (Å²) < 4.78 is 40.2. The zero-order valence-electron chi connectivity index (χ0n) is 14.2. The molecular weight excluding hydrogens is 369 g/mol. The van der Waals surface area contributed by atoms with Gasteiger partial charge in [-0.15, -0.1) is 11.3 Å². The molecule has 0 bridgehead atoms. The Hall–Kier alpha value is -3.04. The fraction of sp³-hybridized carbons (Fsp3) is 0.0952. The number of aromatic nitrogens is 2. The topological polar surface area (TPSA) is 17.3 Å². The molecule has 27 heavy (non-hydrogen) atoms. The Balaban J connectivity index is 1.77. The number of aryl methyl sites for hydroxylation is 1. The fourth-order valence-electron chi connectivity index (χ4n) is 2.83. The highest BCUT2D eigenvalue weighted by Crippen LogP contribution is 2.31. The molecule has 134 valence electrons. The van der Waals surface area contributed by atoms with Crippen LogP contribution in [0.4, 0.5) is 13.2 Å². The van der Waals surface area contributed by atoms with Crippen molar-refractivity contribution >= 4 is 17.0 Å². The Morgan fingerprint density at radius 1 is 1.04 bits per heavy atom. The van der Waals surface area contributed by atoms with Gasteiger partial charge in [0, 0.05) is 6.20 Å². The molecule has 0 aliphatic carbocycles. The van der Waals surface area contributed by atoms with Crippen LogP contribution < -0.4 is 0 Å². The van der Waals surface area contributed by atoms with E-state index in [4.69, 9.17) is 0 Å². The summed E-state index contributed by atoms with van der Waals surface area (Å²) in [5, 5.41) is 1.96. The summed E-state index contributed by atoms with van der Waals surface area (Å²) >= 11 is 1.56. The number of imidazole rings is 1. The van der Waals surface area contributed by atoms with Crippen LogP contribution >= 0.6 is 11.3 Å². The zero-order chi connectivity index (χ0) is 19.0. The lowest BCUT2D eigenvalue weighted by molar-refractivity contribution is -0.137. The van der Waals surface area contributed by atoms with Crippen molar-refractivity contribution in [1.82, 2.24) is 9.38 Å². The van der Waals surface area contributed by atoms with Gasteiger partial charge in [0.1, 0.15) is 11.3 Å². The molecule has 0 spiro atoms. The van der Waals surface area contributed by atoms with Crippen molar-refractivity contribution in [1.29, 1.82) is 0 Å². The largest absolute Gasteiger partial charge is 0.416 e. The maximum absolute atomic E-state index is 12.8. The molecular formula is C21H13F3N2S. The van der Waals surface area contributed by atoms with Gasteiger partial charge in [0.15, 0.2) is 0 Å². The molecule has 0 saturated carbocycles. The van der Waals surface area contributed by atoms with Crippen molar-refractivity contribution in [2.45, 2.75) is 13.1 Å². The minimum absolute atomic E-state index is 0.658. The summed E-state index contributed by atoms with van der Waals surface area (Å²) in [7, 11) is 0. The van der Waals surface area contributed by atoms with Gasteiger partial charge < -0.3 is 0 Å². The van der Waals surface area contributed by atoms with Gasteiger partial charge in [0.05, 0.1) is 16.6 Å². The summed E-state index contributed by atoms with van der Waals surface area (Å²) in [4.78, 5) is 5.37. The van der Waals surface area contributed by atoms with E-state index in [9.17, 15) is 13.2 Å². The predicted octanol–water partition coefficient (Wildman–Crippen LogP) is 5.79. The number of rotatable bonds is 1. The molecule has 6 heteroatoms. The number of thiophene rings is 1. The maximum Gasteiger partial charge on any atom is 0.416 e. The van der Waals surface area contributed by atoms with Crippen LogP contribution in [0.2, 0.25) is 0 Å². The Labute approximate surface area is 157 Å². The lowest BCUT2D eigenvalue weighted by atomic mass is 10.0. The molecule has 4 rings (SSSR count). The molecule has 0 unspecified atom stereocenters. The number of hydrogen-bond acceptors (Lipinski definition) is 2. The average molecular weight is 382 g/mol. The predicted molar refractivity (Wildman–Crippen MR) is 101 cm³/mol. The number of hydrogen-bond donors (Lipinski definition) is 0. The molecule has 2 nitrogen and oxygen atoms in total. The van der Waals surface area contributed by atoms with E-state index in [0.717, 1.165) is 39.5 Å². The van der Waals surface area contributed by atoms with Crippen LogP contribution in [0.15, 0.2) is 60.2 Å². The van der Waals surface area contributed by atoms with Gasteiger partial charge in [0.2, 0.25) is 0 Å². The van der Waals surface area contributed by atoms with Gasteiger partial charge in [-0.3, -0.25) is 4.40 Å². The second kappa shape index (κ2) is 6.60. The third-order valence-electron chi connectivity index (χ3n) is 4.17. The molecule has 0 amide bonds. The van der Waals surface area contributed by atoms with Crippen LogP contribution in [0.1, 0.15) is 21.7 Å². The first-order valence-corrected chi connectivity index (χ1v) is 9.01. The second-order valence-electron chi connectivity index (χ2n) is 6.05. The highest BCUT2D eigenvalue weighted by molar-refractivity contribution is 7.10. The lowest BCUT2D eigenvalue weighted by Crippen LogP contribution is -2.04. The molecule has 3 aromatic heterocycles. The molecule has 0 aliphatic heterocycles. The molecule has 0 aliphatic rings.